The van der Waals surface area contributed by atoms with Crippen molar-refractivity contribution >= 4 is 11.4 Å². The highest BCUT2D eigenvalue weighted by molar-refractivity contribution is 5.70. The predicted octanol–water partition coefficient (Wildman–Crippen LogP) is 2.35. The van der Waals surface area contributed by atoms with Gasteiger partial charge in [0, 0.05) is 24.4 Å². The summed E-state index contributed by atoms with van der Waals surface area (Å²) in [5.74, 6) is 0.699. The van der Waals surface area contributed by atoms with Crippen LogP contribution in [0.15, 0.2) is 35.4 Å². The van der Waals surface area contributed by atoms with Crippen LogP contribution in [0.1, 0.15) is 18.9 Å². The third-order valence-corrected chi connectivity index (χ3v) is 4.11. The maximum absolute atomic E-state index is 6.23. The van der Waals surface area contributed by atoms with Crippen molar-refractivity contribution in [3.05, 3.63) is 40.9 Å². The molecular formula is C17H22N4O. The van der Waals surface area contributed by atoms with Gasteiger partial charge in [-0.05, 0) is 38.0 Å². The van der Waals surface area contributed by atoms with E-state index in [0.717, 1.165) is 43.1 Å². The molecule has 1 aromatic heterocycles. The lowest BCUT2D eigenvalue weighted by Crippen LogP contribution is -2.35. The number of nitrogens with two attached hydrogens (primary N) is 1. The molecule has 5 heteroatoms. The third-order valence-electron chi connectivity index (χ3n) is 4.11. The zero-order chi connectivity index (χ0) is 15.5. The number of aromatic nitrogens is 1. The van der Waals surface area contributed by atoms with Crippen molar-refractivity contribution in [2.45, 2.75) is 20.3 Å². The molecule has 0 saturated carbocycles. The summed E-state index contributed by atoms with van der Waals surface area (Å²) in [5.41, 5.74) is 14.7. The van der Waals surface area contributed by atoms with Crippen molar-refractivity contribution in [1.82, 2.24) is 4.98 Å². The number of pyridine rings is 1. The molecule has 5 nitrogen and oxygen atoms in total. The fourth-order valence-corrected chi connectivity index (χ4v) is 2.89. The van der Waals surface area contributed by atoms with Crippen LogP contribution in [0.3, 0.4) is 0 Å². The van der Waals surface area contributed by atoms with Crippen molar-refractivity contribution in [3.63, 3.8) is 0 Å². The maximum Gasteiger partial charge on any atom is 0.237 e. The molecule has 22 heavy (non-hydrogen) atoms. The first-order valence-electron chi connectivity index (χ1n) is 7.66. The van der Waals surface area contributed by atoms with E-state index in [1.54, 1.807) is 0 Å². The lowest BCUT2D eigenvalue weighted by atomic mass is 10.0. The molecule has 1 aromatic rings. The van der Waals surface area contributed by atoms with Gasteiger partial charge in [0.15, 0.2) is 0 Å². The summed E-state index contributed by atoms with van der Waals surface area (Å²) in [7, 11) is 0. The first kappa shape index (κ1) is 14.5. The molecule has 3 heterocycles. The molecule has 0 amide bonds. The van der Waals surface area contributed by atoms with E-state index in [1.165, 1.54) is 11.1 Å². The number of nitrogens with one attached hydrogen (secondary N) is 1. The van der Waals surface area contributed by atoms with Gasteiger partial charge < -0.3 is 20.7 Å². The number of rotatable bonds is 2. The minimum Gasteiger partial charge on any atom is -0.474 e. The van der Waals surface area contributed by atoms with E-state index in [0.29, 0.717) is 12.5 Å². The van der Waals surface area contributed by atoms with Crippen LogP contribution in [0, 0.1) is 6.92 Å². The SMILES string of the molecule is CC=C=CC1=C(N)CN(c2cnc3c(c2C)NCCO3)CC1. The Hall–Kier alpha value is -2.39. The van der Waals surface area contributed by atoms with Gasteiger partial charge in [-0.2, -0.15) is 0 Å². The largest absolute Gasteiger partial charge is 0.474 e. The van der Waals surface area contributed by atoms with Crippen LogP contribution >= 0.6 is 0 Å². The summed E-state index contributed by atoms with van der Waals surface area (Å²) in [4.78, 5) is 6.72. The number of hydrogen-bond acceptors (Lipinski definition) is 5. The Bertz CT molecular complexity index is 671. The lowest BCUT2D eigenvalue weighted by molar-refractivity contribution is 0.310. The van der Waals surface area contributed by atoms with Crippen molar-refractivity contribution < 1.29 is 4.74 Å². The topological polar surface area (TPSA) is 63.4 Å². The summed E-state index contributed by atoms with van der Waals surface area (Å²) >= 11 is 0. The molecule has 0 spiro atoms. The van der Waals surface area contributed by atoms with Crippen LogP contribution in [0.2, 0.25) is 0 Å². The van der Waals surface area contributed by atoms with Gasteiger partial charge in [0.25, 0.3) is 0 Å². The van der Waals surface area contributed by atoms with Crippen molar-refractivity contribution in [1.29, 1.82) is 0 Å². The Labute approximate surface area is 131 Å². The van der Waals surface area contributed by atoms with Gasteiger partial charge in [0.05, 0.1) is 18.4 Å². The fourth-order valence-electron chi connectivity index (χ4n) is 2.89. The third kappa shape index (κ3) is 2.68. The van der Waals surface area contributed by atoms with E-state index in [-0.39, 0.29) is 0 Å². The average molecular weight is 298 g/mol. The quantitative estimate of drug-likeness (QED) is 0.821. The Kier molecular flexibility index (Phi) is 4.07. The molecule has 0 radical (unpaired) electrons. The highest BCUT2D eigenvalue weighted by Crippen LogP contribution is 2.35. The summed E-state index contributed by atoms with van der Waals surface area (Å²) in [5, 5.41) is 3.38. The zero-order valence-corrected chi connectivity index (χ0v) is 13.1. The predicted molar refractivity (Wildman–Crippen MR) is 89.3 cm³/mol. The van der Waals surface area contributed by atoms with E-state index in [1.807, 2.05) is 25.3 Å². The molecule has 116 valence electrons. The summed E-state index contributed by atoms with van der Waals surface area (Å²) in [6.45, 7) is 7.20. The van der Waals surface area contributed by atoms with E-state index in [9.17, 15) is 0 Å². The number of allylic oxidation sites excluding steroid dienone is 1. The van der Waals surface area contributed by atoms with E-state index < -0.39 is 0 Å². The van der Waals surface area contributed by atoms with E-state index >= 15 is 0 Å². The molecule has 2 aliphatic heterocycles. The van der Waals surface area contributed by atoms with Crippen molar-refractivity contribution in [2.75, 3.05) is 36.5 Å². The Morgan fingerprint density at radius 1 is 1.50 bits per heavy atom. The van der Waals surface area contributed by atoms with Gasteiger partial charge in [-0.3, -0.25) is 0 Å². The Morgan fingerprint density at radius 2 is 2.36 bits per heavy atom. The lowest BCUT2D eigenvalue weighted by Gasteiger charge is -2.32. The number of fused-ring (bicyclic) bond motifs is 1. The first-order chi connectivity index (χ1) is 10.7. The van der Waals surface area contributed by atoms with E-state index in [4.69, 9.17) is 10.5 Å². The van der Waals surface area contributed by atoms with Crippen LogP contribution in [0.25, 0.3) is 0 Å². The molecule has 2 aliphatic rings. The number of hydrogen-bond donors (Lipinski definition) is 2. The molecule has 0 fully saturated rings. The summed E-state index contributed by atoms with van der Waals surface area (Å²) in [6, 6.07) is 0. The normalized spacial score (nSPS) is 17.1. The highest BCUT2D eigenvalue weighted by Gasteiger charge is 2.22. The highest BCUT2D eigenvalue weighted by atomic mass is 16.5. The minimum atomic E-state index is 0.666. The summed E-state index contributed by atoms with van der Waals surface area (Å²) in [6.07, 6.45) is 6.70. The van der Waals surface area contributed by atoms with Gasteiger partial charge in [-0.25, -0.2) is 4.98 Å². The van der Waals surface area contributed by atoms with Crippen LogP contribution in [0.5, 0.6) is 5.88 Å². The first-order valence-corrected chi connectivity index (χ1v) is 7.66. The standard InChI is InChI=1S/C17H22N4O/c1-3-4-5-13-6-8-21(11-14(13)18)15-10-20-17-16(12(15)2)19-7-9-22-17/h3,5,10,19H,6-9,11,18H2,1-2H3. The molecule has 3 N–H and O–H groups in total. The monoisotopic (exact) mass is 298 g/mol. The second-order valence-electron chi connectivity index (χ2n) is 5.55. The Morgan fingerprint density at radius 3 is 3.14 bits per heavy atom. The van der Waals surface area contributed by atoms with Gasteiger partial charge >= 0.3 is 0 Å². The average Bonchev–Trinajstić information content (AvgIpc) is 2.54. The van der Waals surface area contributed by atoms with Gasteiger partial charge in [-0.15, -0.1) is 5.73 Å². The smallest absolute Gasteiger partial charge is 0.237 e. The van der Waals surface area contributed by atoms with Gasteiger partial charge in [0.1, 0.15) is 12.3 Å². The van der Waals surface area contributed by atoms with Crippen molar-refractivity contribution in [3.8, 4) is 5.88 Å². The van der Waals surface area contributed by atoms with Gasteiger partial charge in [0.2, 0.25) is 5.88 Å². The zero-order valence-electron chi connectivity index (χ0n) is 13.1. The number of ether oxygens (including phenoxy) is 1. The minimum absolute atomic E-state index is 0.666. The molecule has 0 atom stereocenters. The van der Waals surface area contributed by atoms with Crippen molar-refractivity contribution in [2.24, 2.45) is 5.73 Å². The van der Waals surface area contributed by atoms with Gasteiger partial charge in [-0.1, -0.05) is 0 Å². The van der Waals surface area contributed by atoms with Crippen LogP contribution < -0.4 is 20.7 Å². The number of anilines is 2. The molecule has 0 unspecified atom stereocenters. The van der Waals surface area contributed by atoms with Crippen LogP contribution in [-0.4, -0.2) is 31.2 Å². The molecular weight excluding hydrogens is 276 g/mol. The molecule has 0 bridgehead atoms. The second kappa shape index (κ2) is 6.16. The fraction of sp³-hybridized carbons (Fsp3) is 0.412. The molecule has 0 aromatic carbocycles. The molecule has 3 rings (SSSR count). The van der Waals surface area contributed by atoms with Crippen LogP contribution in [-0.2, 0) is 0 Å². The van der Waals surface area contributed by atoms with Crippen LogP contribution in [0.4, 0.5) is 11.4 Å². The van der Waals surface area contributed by atoms with E-state index in [2.05, 4.69) is 27.9 Å². The molecule has 0 aliphatic carbocycles. The maximum atomic E-state index is 6.23. The number of nitrogens with zero attached hydrogens (tertiary/aromatic N) is 2. The second-order valence-corrected chi connectivity index (χ2v) is 5.55. The Balaban J connectivity index is 1.87. The summed E-state index contributed by atoms with van der Waals surface area (Å²) < 4.78 is 5.59. The molecule has 0 saturated heterocycles.